The van der Waals surface area contributed by atoms with Crippen LogP contribution in [0.3, 0.4) is 0 Å². The minimum Gasteiger partial charge on any atom is -0.369 e. The molecular weight excluding hydrogens is 382 g/mol. The summed E-state index contributed by atoms with van der Waals surface area (Å²) in [6.45, 7) is 5.37. The molecule has 1 aliphatic heterocycles. The highest BCUT2D eigenvalue weighted by Gasteiger charge is 2.18. The third-order valence-electron chi connectivity index (χ3n) is 5.48. The minimum absolute atomic E-state index is 0.354. The molecule has 0 bridgehead atoms. The fourth-order valence-electron chi connectivity index (χ4n) is 3.89. The van der Waals surface area contributed by atoms with E-state index in [4.69, 9.17) is 0 Å². The van der Waals surface area contributed by atoms with Gasteiger partial charge in [-0.15, -0.1) is 0 Å². The zero-order valence-corrected chi connectivity index (χ0v) is 17.3. The molecule has 1 saturated heterocycles. The molecule has 0 saturated carbocycles. The molecule has 1 aliphatic rings. The zero-order valence-electron chi connectivity index (χ0n) is 16.5. The van der Waals surface area contributed by atoms with Crippen molar-refractivity contribution in [1.82, 2.24) is 9.62 Å². The molecule has 6 heteroatoms. The van der Waals surface area contributed by atoms with Gasteiger partial charge in [0.15, 0.2) is 0 Å². The molecular formula is C23H27N3O2S. The average molecular weight is 410 g/mol. The van der Waals surface area contributed by atoms with Crippen LogP contribution in [0.5, 0.6) is 0 Å². The summed E-state index contributed by atoms with van der Waals surface area (Å²) in [4.78, 5) is 5.16. The van der Waals surface area contributed by atoms with Crippen LogP contribution in [-0.2, 0) is 10.0 Å². The van der Waals surface area contributed by atoms with Gasteiger partial charge >= 0.3 is 0 Å². The molecule has 0 spiro atoms. The van der Waals surface area contributed by atoms with Crippen molar-refractivity contribution in [3.63, 3.8) is 0 Å². The van der Waals surface area contributed by atoms with Crippen molar-refractivity contribution in [3.8, 4) is 0 Å². The quantitative estimate of drug-likeness (QED) is 0.608. The van der Waals surface area contributed by atoms with E-state index in [0.29, 0.717) is 11.4 Å². The van der Waals surface area contributed by atoms with Crippen LogP contribution in [0.1, 0.15) is 6.42 Å². The van der Waals surface area contributed by atoms with Crippen molar-refractivity contribution in [2.45, 2.75) is 11.3 Å². The fraction of sp³-hybridized carbons (Fsp3) is 0.304. The predicted octanol–water partition coefficient (Wildman–Crippen LogP) is 3.33. The first-order valence-corrected chi connectivity index (χ1v) is 11.6. The van der Waals surface area contributed by atoms with E-state index in [9.17, 15) is 8.42 Å². The lowest BCUT2D eigenvalue weighted by Crippen LogP contribution is -2.47. The minimum atomic E-state index is -3.51. The maximum absolute atomic E-state index is 12.8. The van der Waals surface area contributed by atoms with Gasteiger partial charge in [0, 0.05) is 43.8 Å². The first-order valence-electron chi connectivity index (χ1n) is 10.1. The molecule has 152 valence electrons. The molecule has 3 aromatic rings. The SMILES string of the molecule is O=S(=O)(NCCCN1CCN(c2ccccc2)CC1)c1cccc2ccccc12. The number of piperazine rings is 1. The molecule has 1 N–H and O–H groups in total. The Labute approximate surface area is 173 Å². The molecule has 0 unspecified atom stereocenters. The summed E-state index contributed by atoms with van der Waals surface area (Å²) in [6.07, 6.45) is 0.801. The van der Waals surface area contributed by atoms with E-state index in [1.54, 1.807) is 12.1 Å². The maximum atomic E-state index is 12.8. The molecule has 3 aromatic carbocycles. The van der Waals surface area contributed by atoms with E-state index in [1.807, 2.05) is 36.4 Å². The average Bonchev–Trinajstić information content (AvgIpc) is 2.77. The lowest BCUT2D eigenvalue weighted by Gasteiger charge is -2.36. The number of sulfonamides is 1. The van der Waals surface area contributed by atoms with E-state index in [-0.39, 0.29) is 0 Å². The number of benzene rings is 3. The molecule has 0 aliphatic carbocycles. The van der Waals surface area contributed by atoms with Gasteiger partial charge in [-0.3, -0.25) is 4.90 Å². The smallest absolute Gasteiger partial charge is 0.241 e. The summed E-state index contributed by atoms with van der Waals surface area (Å²) in [7, 11) is -3.51. The molecule has 0 aromatic heterocycles. The highest BCUT2D eigenvalue weighted by Crippen LogP contribution is 2.22. The van der Waals surface area contributed by atoms with E-state index < -0.39 is 10.0 Å². The number of hydrogen-bond acceptors (Lipinski definition) is 4. The highest BCUT2D eigenvalue weighted by atomic mass is 32.2. The molecule has 0 amide bonds. The zero-order chi connectivity index (χ0) is 20.1. The maximum Gasteiger partial charge on any atom is 0.241 e. The van der Waals surface area contributed by atoms with E-state index in [1.165, 1.54) is 5.69 Å². The molecule has 5 nitrogen and oxygen atoms in total. The van der Waals surface area contributed by atoms with Crippen LogP contribution in [0.4, 0.5) is 5.69 Å². The second kappa shape index (κ2) is 8.95. The van der Waals surface area contributed by atoms with Gasteiger partial charge in [-0.05, 0) is 36.6 Å². The predicted molar refractivity (Wildman–Crippen MR) is 119 cm³/mol. The highest BCUT2D eigenvalue weighted by molar-refractivity contribution is 7.89. The number of fused-ring (bicyclic) bond motifs is 1. The number of hydrogen-bond donors (Lipinski definition) is 1. The fourth-order valence-corrected chi connectivity index (χ4v) is 5.19. The number of nitrogens with zero attached hydrogens (tertiary/aromatic N) is 2. The third-order valence-corrected chi connectivity index (χ3v) is 7.00. The molecule has 4 rings (SSSR count). The molecule has 0 radical (unpaired) electrons. The Hall–Kier alpha value is -2.41. The molecule has 1 fully saturated rings. The molecule has 29 heavy (non-hydrogen) atoms. The first kappa shape index (κ1) is 19.9. The van der Waals surface area contributed by atoms with Gasteiger partial charge in [0.1, 0.15) is 0 Å². The van der Waals surface area contributed by atoms with Crippen molar-refractivity contribution in [2.75, 3.05) is 44.2 Å². The Morgan fingerprint density at radius 1 is 0.793 bits per heavy atom. The van der Waals surface area contributed by atoms with Crippen molar-refractivity contribution >= 4 is 26.5 Å². The summed E-state index contributed by atoms with van der Waals surface area (Å²) in [5.41, 5.74) is 1.27. The van der Waals surface area contributed by atoms with E-state index >= 15 is 0 Å². The van der Waals surface area contributed by atoms with Crippen molar-refractivity contribution in [3.05, 3.63) is 72.8 Å². The lowest BCUT2D eigenvalue weighted by atomic mass is 10.1. The standard InChI is InChI=1S/C23H27N3O2S/c27-29(28,23-13-6-9-20-8-4-5-12-22(20)23)24-14-7-15-25-16-18-26(19-17-25)21-10-2-1-3-11-21/h1-6,8-13,24H,7,14-19H2. The lowest BCUT2D eigenvalue weighted by molar-refractivity contribution is 0.255. The van der Waals surface area contributed by atoms with Crippen LogP contribution in [0.25, 0.3) is 10.8 Å². The van der Waals surface area contributed by atoms with Crippen LogP contribution < -0.4 is 9.62 Å². The van der Waals surface area contributed by atoms with Crippen molar-refractivity contribution < 1.29 is 8.42 Å². The number of anilines is 1. The van der Waals surface area contributed by atoms with E-state index in [2.05, 4.69) is 38.8 Å². The first-order chi connectivity index (χ1) is 14.1. The van der Waals surface area contributed by atoms with Crippen LogP contribution in [0.2, 0.25) is 0 Å². The topological polar surface area (TPSA) is 52.7 Å². The van der Waals surface area contributed by atoms with Crippen LogP contribution in [-0.4, -0.2) is 52.6 Å². The molecule has 1 heterocycles. The Balaban J connectivity index is 1.26. The summed E-state index contributed by atoms with van der Waals surface area (Å²) in [6, 6.07) is 23.5. The van der Waals surface area contributed by atoms with Crippen molar-refractivity contribution in [1.29, 1.82) is 0 Å². The van der Waals surface area contributed by atoms with Gasteiger partial charge in [0.25, 0.3) is 0 Å². The Morgan fingerprint density at radius 2 is 1.48 bits per heavy atom. The van der Waals surface area contributed by atoms with Crippen LogP contribution in [0.15, 0.2) is 77.7 Å². The summed E-state index contributed by atoms with van der Waals surface area (Å²) in [5.74, 6) is 0. The van der Waals surface area contributed by atoms with Crippen molar-refractivity contribution in [2.24, 2.45) is 0 Å². The number of rotatable bonds is 7. The third kappa shape index (κ3) is 4.78. The van der Waals surface area contributed by atoms with Crippen LogP contribution in [0, 0.1) is 0 Å². The van der Waals surface area contributed by atoms with Gasteiger partial charge < -0.3 is 4.90 Å². The summed E-state index contributed by atoms with van der Waals surface area (Å²) < 4.78 is 28.3. The Bertz CT molecular complexity index is 1040. The molecule has 0 atom stereocenters. The summed E-state index contributed by atoms with van der Waals surface area (Å²) >= 11 is 0. The Morgan fingerprint density at radius 3 is 2.28 bits per heavy atom. The second-order valence-corrected chi connectivity index (χ2v) is 9.13. The monoisotopic (exact) mass is 409 g/mol. The largest absolute Gasteiger partial charge is 0.369 e. The normalized spacial score (nSPS) is 15.7. The van der Waals surface area contributed by atoms with Gasteiger partial charge in [-0.25, -0.2) is 13.1 Å². The van der Waals surface area contributed by atoms with Gasteiger partial charge in [-0.1, -0.05) is 54.6 Å². The Kier molecular flexibility index (Phi) is 6.13. The second-order valence-electron chi connectivity index (χ2n) is 7.39. The van der Waals surface area contributed by atoms with Crippen LogP contribution >= 0.6 is 0 Å². The van der Waals surface area contributed by atoms with Gasteiger partial charge in [0.05, 0.1) is 4.90 Å². The van der Waals surface area contributed by atoms with E-state index in [0.717, 1.165) is 49.9 Å². The number of nitrogens with one attached hydrogen (secondary N) is 1. The summed E-state index contributed by atoms with van der Waals surface area (Å²) in [5, 5.41) is 1.70. The number of para-hydroxylation sites is 1. The van der Waals surface area contributed by atoms with Gasteiger partial charge in [0.2, 0.25) is 10.0 Å². The van der Waals surface area contributed by atoms with Gasteiger partial charge in [-0.2, -0.15) is 0 Å².